The van der Waals surface area contributed by atoms with Gasteiger partial charge in [0, 0.05) is 35.6 Å². The molecule has 1 fully saturated rings. The second-order valence-electron chi connectivity index (χ2n) is 5.74. The Morgan fingerprint density at radius 1 is 1.21 bits per heavy atom. The van der Waals surface area contributed by atoms with Crippen molar-refractivity contribution in [2.75, 3.05) is 13.1 Å². The molecule has 2 heterocycles. The number of amides is 2. The molecule has 6 heteroatoms. The number of likely N-dealkylation sites (tertiary alicyclic amines) is 1. The molecule has 1 aromatic heterocycles. The summed E-state index contributed by atoms with van der Waals surface area (Å²) in [6.45, 7) is 1.20. The van der Waals surface area contributed by atoms with Crippen LogP contribution in [0.1, 0.15) is 39.1 Å². The molecule has 0 radical (unpaired) electrons. The zero-order chi connectivity index (χ0) is 16.9. The minimum Gasteiger partial charge on any atom is -0.349 e. The van der Waals surface area contributed by atoms with Crippen molar-refractivity contribution in [1.29, 1.82) is 5.26 Å². The summed E-state index contributed by atoms with van der Waals surface area (Å²) in [6.07, 6.45) is 1.47. The van der Waals surface area contributed by atoms with Gasteiger partial charge in [-0.05, 0) is 42.5 Å². The lowest BCUT2D eigenvalue weighted by Gasteiger charge is -2.32. The van der Waals surface area contributed by atoms with Crippen LogP contribution in [0.2, 0.25) is 0 Å². The van der Waals surface area contributed by atoms with Gasteiger partial charge >= 0.3 is 0 Å². The number of carbonyl (C=O) groups is 2. The van der Waals surface area contributed by atoms with Crippen molar-refractivity contribution < 1.29 is 9.59 Å². The van der Waals surface area contributed by atoms with Gasteiger partial charge in [0.1, 0.15) is 0 Å². The molecule has 1 N–H and O–H groups in total. The number of nitriles is 1. The highest BCUT2D eigenvalue weighted by Crippen LogP contribution is 2.16. The van der Waals surface area contributed by atoms with Crippen molar-refractivity contribution in [3.05, 3.63) is 57.8 Å². The topological polar surface area (TPSA) is 73.2 Å². The van der Waals surface area contributed by atoms with Gasteiger partial charge in [-0.3, -0.25) is 9.59 Å². The maximum atomic E-state index is 12.5. The fourth-order valence-corrected chi connectivity index (χ4v) is 3.43. The highest BCUT2D eigenvalue weighted by atomic mass is 32.1. The number of thiophene rings is 1. The number of hydrogen-bond acceptors (Lipinski definition) is 4. The quantitative estimate of drug-likeness (QED) is 0.934. The molecule has 1 aliphatic heterocycles. The first kappa shape index (κ1) is 16.2. The van der Waals surface area contributed by atoms with Crippen molar-refractivity contribution >= 4 is 23.2 Å². The van der Waals surface area contributed by atoms with E-state index in [0.29, 0.717) is 29.8 Å². The summed E-state index contributed by atoms with van der Waals surface area (Å²) < 4.78 is 0. The summed E-state index contributed by atoms with van der Waals surface area (Å²) in [5, 5.41) is 15.7. The molecule has 2 amide bonds. The highest BCUT2D eigenvalue weighted by molar-refractivity contribution is 7.08. The monoisotopic (exact) mass is 339 g/mol. The fourth-order valence-electron chi connectivity index (χ4n) is 2.79. The van der Waals surface area contributed by atoms with Gasteiger partial charge in [-0.2, -0.15) is 16.6 Å². The molecule has 0 aliphatic carbocycles. The van der Waals surface area contributed by atoms with Crippen LogP contribution in [0.4, 0.5) is 0 Å². The summed E-state index contributed by atoms with van der Waals surface area (Å²) >= 11 is 1.50. The van der Waals surface area contributed by atoms with Crippen LogP contribution in [-0.2, 0) is 0 Å². The van der Waals surface area contributed by atoms with E-state index in [2.05, 4.69) is 5.32 Å². The van der Waals surface area contributed by atoms with E-state index in [9.17, 15) is 9.59 Å². The maximum Gasteiger partial charge on any atom is 0.253 e. The average Bonchev–Trinajstić information content (AvgIpc) is 3.16. The molecule has 0 unspecified atom stereocenters. The largest absolute Gasteiger partial charge is 0.349 e. The third-order valence-corrected chi connectivity index (χ3v) is 4.82. The molecule has 122 valence electrons. The SMILES string of the molecule is N#Cc1cccc(C(=O)N2CCC(NC(=O)c3ccsc3)CC2)c1. The molecular formula is C18H17N3O2S. The van der Waals surface area contributed by atoms with Crippen molar-refractivity contribution in [1.82, 2.24) is 10.2 Å². The second kappa shape index (κ2) is 7.28. The van der Waals surface area contributed by atoms with Crippen LogP contribution in [-0.4, -0.2) is 35.8 Å². The number of benzene rings is 1. The average molecular weight is 339 g/mol. The summed E-state index contributed by atoms with van der Waals surface area (Å²) in [6, 6.07) is 10.7. The molecule has 0 spiro atoms. The molecule has 24 heavy (non-hydrogen) atoms. The summed E-state index contributed by atoms with van der Waals surface area (Å²) in [4.78, 5) is 26.4. The normalized spacial score (nSPS) is 14.9. The number of piperidine rings is 1. The number of rotatable bonds is 3. The van der Waals surface area contributed by atoms with E-state index >= 15 is 0 Å². The van der Waals surface area contributed by atoms with Gasteiger partial charge in [-0.25, -0.2) is 0 Å². The summed E-state index contributed by atoms with van der Waals surface area (Å²) in [7, 11) is 0. The number of carbonyl (C=O) groups excluding carboxylic acids is 2. The Bertz CT molecular complexity index is 772. The minimum absolute atomic E-state index is 0.0530. The summed E-state index contributed by atoms with van der Waals surface area (Å²) in [5.41, 5.74) is 1.71. The Labute approximate surface area is 144 Å². The van der Waals surface area contributed by atoms with Gasteiger partial charge in [-0.15, -0.1) is 0 Å². The first-order valence-corrected chi connectivity index (χ1v) is 8.74. The van der Waals surface area contributed by atoms with E-state index in [4.69, 9.17) is 5.26 Å². The van der Waals surface area contributed by atoms with E-state index in [1.807, 2.05) is 16.8 Å². The molecule has 2 aromatic rings. The lowest BCUT2D eigenvalue weighted by Crippen LogP contribution is -2.46. The molecule has 5 nitrogen and oxygen atoms in total. The second-order valence-corrected chi connectivity index (χ2v) is 6.52. The predicted molar refractivity (Wildman–Crippen MR) is 91.9 cm³/mol. The standard InChI is InChI=1S/C18H17N3O2S/c19-11-13-2-1-3-14(10-13)18(23)21-7-4-16(5-8-21)20-17(22)15-6-9-24-12-15/h1-3,6,9-10,12,16H,4-5,7-8H2,(H,20,22). The number of nitrogens with zero attached hydrogens (tertiary/aromatic N) is 2. The van der Waals surface area contributed by atoms with Gasteiger partial charge < -0.3 is 10.2 Å². The van der Waals surface area contributed by atoms with Crippen molar-refractivity contribution in [3.8, 4) is 6.07 Å². The van der Waals surface area contributed by atoms with Gasteiger partial charge in [0.15, 0.2) is 0 Å². The van der Waals surface area contributed by atoms with E-state index in [1.165, 1.54) is 11.3 Å². The molecule has 0 atom stereocenters. The highest BCUT2D eigenvalue weighted by Gasteiger charge is 2.25. The van der Waals surface area contributed by atoms with Crippen molar-refractivity contribution in [2.24, 2.45) is 0 Å². The Balaban J connectivity index is 1.56. The molecule has 3 rings (SSSR count). The van der Waals surface area contributed by atoms with E-state index in [1.54, 1.807) is 35.2 Å². The Hall–Kier alpha value is -2.65. The molecule has 0 saturated carbocycles. The van der Waals surface area contributed by atoms with Crippen LogP contribution < -0.4 is 5.32 Å². The van der Waals surface area contributed by atoms with Crippen LogP contribution in [0.3, 0.4) is 0 Å². The van der Waals surface area contributed by atoms with Crippen LogP contribution in [0.5, 0.6) is 0 Å². The molecule has 1 aromatic carbocycles. The maximum absolute atomic E-state index is 12.5. The number of hydrogen-bond donors (Lipinski definition) is 1. The fraction of sp³-hybridized carbons (Fsp3) is 0.278. The Kier molecular flexibility index (Phi) is 4.92. The lowest BCUT2D eigenvalue weighted by molar-refractivity contribution is 0.0698. The van der Waals surface area contributed by atoms with Gasteiger partial charge in [0.2, 0.25) is 0 Å². The van der Waals surface area contributed by atoms with Gasteiger partial charge in [0.05, 0.1) is 11.6 Å². The lowest BCUT2D eigenvalue weighted by atomic mass is 10.0. The first-order valence-electron chi connectivity index (χ1n) is 7.80. The third-order valence-electron chi connectivity index (χ3n) is 4.14. The van der Waals surface area contributed by atoms with Gasteiger partial charge in [0.25, 0.3) is 11.8 Å². The third kappa shape index (κ3) is 3.63. The minimum atomic E-state index is -0.0605. The Morgan fingerprint density at radius 2 is 2.00 bits per heavy atom. The molecular weight excluding hydrogens is 322 g/mol. The van der Waals surface area contributed by atoms with Crippen LogP contribution >= 0.6 is 11.3 Å². The van der Waals surface area contributed by atoms with Gasteiger partial charge in [-0.1, -0.05) is 6.07 Å². The van der Waals surface area contributed by atoms with E-state index in [-0.39, 0.29) is 17.9 Å². The summed E-state index contributed by atoms with van der Waals surface area (Å²) in [5.74, 6) is -0.113. The van der Waals surface area contributed by atoms with Crippen molar-refractivity contribution in [3.63, 3.8) is 0 Å². The van der Waals surface area contributed by atoms with Crippen LogP contribution in [0.25, 0.3) is 0 Å². The van der Waals surface area contributed by atoms with Crippen LogP contribution in [0.15, 0.2) is 41.1 Å². The van der Waals surface area contributed by atoms with Crippen LogP contribution in [0, 0.1) is 11.3 Å². The molecule has 1 saturated heterocycles. The predicted octanol–water partition coefficient (Wildman–Crippen LogP) is 2.65. The Morgan fingerprint density at radius 3 is 2.67 bits per heavy atom. The molecule has 1 aliphatic rings. The van der Waals surface area contributed by atoms with E-state index < -0.39 is 0 Å². The van der Waals surface area contributed by atoms with Crippen molar-refractivity contribution in [2.45, 2.75) is 18.9 Å². The number of nitrogens with one attached hydrogen (secondary N) is 1. The van der Waals surface area contributed by atoms with E-state index in [0.717, 1.165) is 12.8 Å². The molecule has 0 bridgehead atoms. The zero-order valence-corrected chi connectivity index (χ0v) is 13.9. The smallest absolute Gasteiger partial charge is 0.253 e. The zero-order valence-electron chi connectivity index (χ0n) is 13.1. The first-order chi connectivity index (χ1) is 11.7.